The molecule has 2 aromatic rings. The van der Waals surface area contributed by atoms with E-state index in [0.717, 1.165) is 28.2 Å². The van der Waals surface area contributed by atoms with Gasteiger partial charge in [-0.25, -0.2) is 4.79 Å². The Balaban J connectivity index is 2.23. The second-order valence-electron chi connectivity index (χ2n) is 7.88. The topological polar surface area (TPSA) is 230 Å². The number of Topliss-reactive ketones (excluding diaryl/α,β-unsaturated/α-hetero) is 1. The molecule has 0 aliphatic heterocycles. The number of thioether (sulfide) groups is 1. The van der Waals surface area contributed by atoms with E-state index in [4.69, 9.17) is 15.6 Å². The number of aliphatic carboxylic acids is 1. The van der Waals surface area contributed by atoms with E-state index in [-0.39, 0.29) is 30.8 Å². The number of methoxy groups -OCH3 is 1. The van der Waals surface area contributed by atoms with E-state index < -0.39 is 53.4 Å². The van der Waals surface area contributed by atoms with Gasteiger partial charge in [-0.2, -0.15) is 9.36 Å². The first-order chi connectivity index (χ1) is 18.0. The van der Waals surface area contributed by atoms with Crippen LogP contribution in [0.1, 0.15) is 31.6 Å². The number of nitrogens with two attached hydrogens (primary N) is 1. The van der Waals surface area contributed by atoms with E-state index in [1.54, 1.807) is 12.1 Å². The van der Waals surface area contributed by atoms with Crippen LogP contribution < -0.4 is 22.1 Å². The van der Waals surface area contributed by atoms with Gasteiger partial charge >= 0.3 is 17.6 Å². The van der Waals surface area contributed by atoms with Crippen LogP contribution in [-0.4, -0.2) is 90.9 Å². The Morgan fingerprint density at radius 1 is 1.24 bits per heavy atom. The van der Waals surface area contributed by atoms with Gasteiger partial charge in [-0.05, 0) is 35.9 Å². The number of carbonyl (C=O) groups is 5. The molecule has 0 radical (unpaired) electrons. The first kappa shape index (κ1) is 30.1. The number of ketones is 1. The number of rotatable bonds is 15. The summed E-state index contributed by atoms with van der Waals surface area (Å²) in [6, 6.07) is 1.05. The van der Waals surface area contributed by atoms with Gasteiger partial charge in [-0.1, -0.05) is 0 Å². The molecule has 0 aromatic carbocycles. The lowest BCUT2D eigenvalue weighted by molar-refractivity contribution is -0.141. The Kier molecular flexibility index (Phi) is 11.5. The minimum atomic E-state index is -1.30. The highest BCUT2D eigenvalue weighted by atomic mass is 32.2. The molecule has 0 spiro atoms. The number of amides is 2. The van der Waals surface area contributed by atoms with Crippen molar-refractivity contribution >= 4 is 41.3 Å². The van der Waals surface area contributed by atoms with Crippen LogP contribution in [0.3, 0.4) is 0 Å². The molecule has 0 bridgehead atoms. The third kappa shape index (κ3) is 9.07. The summed E-state index contributed by atoms with van der Waals surface area (Å²) < 4.78 is 6.60. The standard InChI is InChI=1S/C21H28N8O8S/c1-12(30)14(22)5-6-16(31)25-15(20(35)24-10-18(32)33)11-38-17(8-19(34)37-2)29-21(36)28(26-27-29)13-4-3-7-23-9-13/h3-4,7,9,14-15,17H,5-6,8,10-11,22H2,1-2H3,(H,24,35)(H,25,31)(H,32,33)/t14-,15-,17?/m0/s1. The average Bonchev–Trinajstić information content (AvgIpc) is 3.28. The maximum Gasteiger partial charge on any atom is 0.369 e. The summed E-state index contributed by atoms with van der Waals surface area (Å²) in [5.41, 5.74) is 5.27. The Labute approximate surface area is 220 Å². The molecule has 2 amide bonds. The molecular weight excluding hydrogens is 524 g/mol. The van der Waals surface area contributed by atoms with Crippen LogP contribution >= 0.6 is 11.8 Å². The number of nitrogens with one attached hydrogen (secondary N) is 2. The minimum absolute atomic E-state index is 0.0373. The summed E-state index contributed by atoms with van der Waals surface area (Å²) in [5, 5.41) is 20.2. The molecule has 2 aromatic heterocycles. The number of esters is 1. The van der Waals surface area contributed by atoms with Crippen LogP contribution in [0.25, 0.3) is 5.69 Å². The molecule has 0 fully saturated rings. The molecule has 206 valence electrons. The monoisotopic (exact) mass is 552 g/mol. The third-order valence-corrected chi connectivity index (χ3v) is 6.34. The summed E-state index contributed by atoms with van der Waals surface area (Å²) in [6.07, 6.45) is 2.43. The predicted octanol–water partition coefficient (Wildman–Crippen LogP) is -2.00. The Morgan fingerprint density at radius 2 is 1.97 bits per heavy atom. The molecule has 16 nitrogen and oxygen atoms in total. The molecule has 38 heavy (non-hydrogen) atoms. The van der Waals surface area contributed by atoms with Crippen molar-refractivity contribution in [2.45, 2.75) is 43.6 Å². The molecule has 3 atom stereocenters. The van der Waals surface area contributed by atoms with Crippen LogP contribution in [0.5, 0.6) is 0 Å². The van der Waals surface area contributed by atoms with E-state index >= 15 is 0 Å². The minimum Gasteiger partial charge on any atom is -0.480 e. The zero-order valence-corrected chi connectivity index (χ0v) is 21.4. The van der Waals surface area contributed by atoms with Crippen molar-refractivity contribution in [3.05, 3.63) is 35.0 Å². The number of hydrogen-bond donors (Lipinski definition) is 4. The molecule has 5 N–H and O–H groups in total. The molecule has 2 heterocycles. The van der Waals surface area contributed by atoms with Crippen molar-refractivity contribution in [3.63, 3.8) is 0 Å². The van der Waals surface area contributed by atoms with Crippen LogP contribution in [0.15, 0.2) is 29.3 Å². The van der Waals surface area contributed by atoms with Gasteiger partial charge in [0.25, 0.3) is 0 Å². The molecular formula is C21H28N8O8S. The quantitative estimate of drug-likeness (QED) is 0.175. The van der Waals surface area contributed by atoms with Crippen molar-refractivity contribution in [2.24, 2.45) is 5.73 Å². The van der Waals surface area contributed by atoms with Gasteiger partial charge in [0.05, 0.1) is 31.5 Å². The van der Waals surface area contributed by atoms with E-state index in [2.05, 4.69) is 26.0 Å². The maximum atomic E-state index is 13.0. The lowest BCUT2D eigenvalue weighted by Crippen LogP contribution is -2.49. The van der Waals surface area contributed by atoms with E-state index in [1.165, 1.54) is 19.3 Å². The summed E-state index contributed by atoms with van der Waals surface area (Å²) in [7, 11) is 1.16. The van der Waals surface area contributed by atoms with Gasteiger partial charge in [-0.15, -0.1) is 11.8 Å². The second kappa shape index (κ2) is 14.6. The van der Waals surface area contributed by atoms with Gasteiger partial charge in [-0.3, -0.25) is 29.0 Å². The first-order valence-corrected chi connectivity index (χ1v) is 12.3. The smallest absolute Gasteiger partial charge is 0.369 e. The summed E-state index contributed by atoms with van der Waals surface area (Å²) in [4.78, 5) is 76.2. The van der Waals surface area contributed by atoms with Crippen molar-refractivity contribution in [2.75, 3.05) is 19.4 Å². The van der Waals surface area contributed by atoms with Crippen molar-refractivity contribution in [3.8, 4) is 5.69 Å². The van der Waals surface area contributed by atoms with E-state index in [1.807, 2.05) is 0 Å². The Hall–Kier alpha value is -4.12. The zero-order chi connectivity index (χ0) is 28.2. The number of aromatic nitrogens is 5. The number of nitrogens with zero attached hydrogens (tertiary/aromatic N) is 5. The molecule has 0 saturated carbocycles. The number of pyridine rings is 1. The fraction of sp³-hybridized carbons (Fsp3) is 0.476. The number of carboxylic acid groups (broad SMARTS) is 1. The molecule has 2 rings (SSSR count). The van der Waals surface area contributed by atoms with E-state index in [0.29, 0.717) is 5.69 Å². The highest BCUT2D eigenvalue weighted by Crippen LogP contribution is 2.26. The number of carboxylic acids is 1. The lowest BCUT2D eigenvalue weighted by atomic mass is 10.1. The van der Waals surface area contributed by atoms with Crippen molar-refractivity contribution in [1.29, 1.82) is 0 Å². The van der Waals surface area contributed by atoms with Gasteiger partial charge in [0, 0.05) is 18.4 Å². The Morgan fingerprint density at radius 3 is 2.58 bits per heavy atom. The molecule has 1 unspecified atom stereocenters. The first-order valence-electron chi connectivity index (χ1n) is 11.2. The van der Waals surface area contributed by atoms with Gasteiger partial charge in [0.15, 0.2) is 0 Å². The predicted molar refractivity (Wildman–Crippen MR) is 132 cm³/mol. The number of ether oxygens (including phenoxy) is 1. The number of carbonyl (C=O) groups excluding carboxylic acids is 4. The van der Waals surface area contributed by atoms with Crippen LogP contribution in [0, 0.1) is 0 Å². The summed E-state index contributed by atoms with van der Waals surface area (Å²) in [5.74, 6) is -3.90. The second-order valence-corrected chi connectivity index (χ2v) is 9.10. The van der Waals surface area contributed by atoms with Crippen molar-refractivity contribution < 1.29 is 33.8 Å². The summed E-state index contributed by atoms with van der Waals surface area (Å²) in [6.45, 7) is 0.588. The molecule has 17 heteroatoms. The highest BCUT2D eigenvalue weighted by molar-refractivity contribution is 7.99. The van der Waals surface area contributed by atoms with Crippen LogP contribution in [0.4, 0.5) is 0 Å². The average molecular weight is 553 g/mol. The van der Waals surface area contributed by atoms with Crippen LogP contribution in [-0.2, 0) is 28.7 Å². The van der Waals surface area contributed by atoms with Gasteiger partial charge in [0.2, 0.25) is 11.8 Å². The Bertz CT molecular complexity index is 1200. The number of tetrazole rings is 1. The molecule has 0 aliphatic rings. The largest absolute Gasteiger partial charge is 0.480 e. The third-order valence-electron chi connectivity index (χ3n) is 5.06. The summed E-state index contributed by atoms with van der Waals surface area (Å²) >= 11 is 0.912. The van der Waals surface area contributed by atoms with Crippen molar-refractivity contribution in [1.82, 2.24) is 35.4 Å². The van der Waals surface area contributed by atoms with Gasteiger partial charge in [0.1, 0.15) is 23.7 Å². The fourth-order valence-corrected chi connectivity index (χ4v) is 4.13. The lowest BCUT2D eigenvalue weighted by Gasteiger charge is -2.21. The van der Waals surface area contributed by atoms with Crippen LogP contribution in [0.2, 0.25) is 0 Å². The molecule has 0 saturated heterocycles. The van der Waals surface area contributed by atoms with E-state index in [9.17, 15) is 28.8 Å². The number of hydrogen-bond acceptors (Lipinski definition) is 12. The zero-order valence-electron chi connectivity index (χ0n) is 20.6. The highest BCUT2D eigenvalue weighted by Gasteiger charge is 2.28. The van der Waals surface area contributed by atoms with Gasteiger partial charge < -0.3 is 26.2 Å². The maximum absolute atomic E-state index is 13.0. The fourth-order valence-electron chi connectivity index (χ4n) is 2.95. The SMILES string of the molecule is COC(=O)CC(SC[C@H](NC(=O)CC[C@H](N)C(C)=O)C(=O)NCC(=O)O)n1nnn(-c2cccnc2)c1=O. The molecule has 0 aliphatic carbocycles. The normalized spacial score (nSPS) is 13.1.